The Morgan fingerprint density at radius 3 is 2.30 bits per heavy atom. The largest absolute Gasteiger partial charge is 0.389 e. The van der Waals surface area contributed by atoms with Gasteiger partial charge in [-0.1, -0.05) is 61.7 Å². The summed E-state index contributed by atoms with van der Waals surface area (Å²) < 4.78 is 0. The van der Waals surface area contributed by atoms with Crippen molar-refractivity contribution in [3.8, 4) is 0 Å². The first kappa shape index (κ1) is 20.3. The lowest BCUT2D eigenvalue weighted by atomic mass is 9.71. The maximum absolute atomic E-state index is 11.7. The van der Waals surface area contributed by atoms with E-state index in [1.54, 1.807) is 0 Å². The second-order valence-corrected chi connectivity index (χ2v) is 8.82. The highest BCUT2D eigenvalue weighted by Gasteiger charge is 2.39. The van der Waals surface area contributed by atoms with E-state index in [1.165, 1.54) is 22.8 Å². The van der Waals surface area contributed by atoms with E-state index in [4.69, 9.17) is 0 Å². The molecule has 1 N–H and O–H groups in total. The van der Waals surface area contributed by atoms with Gasteiger partial charge in [-0.2, -0.15) is 0 Å². The molecule has 0 aliphatic heterocycles. The molecule has 3 heteroatoms. The maximum Gasteiger partial charge on any atom is 0.0728 e. The first-order valence-corrected chi connectivity index (χ1v) is 10.5. The van der Waals surface area contributed by atoms with Crippen molar-refractivity contribution in [1.29, 1.82) is 0 Å². The average Bonchev–Trinajstić information content (AvgIpc) is 2.66. The third-order valence-corrected chi connectivity index (χ3v) is 6.52. The maximum atomic E-state index is 11.7. The summed E-state index contributed by atoms with van der Waals surface area (Å²) in [6.07, 6.45) is 5.35. The second kappa shape index (κ2) is 8.72. The number of hydrogen-bond acceptors (Lipinski definition) is 3. The van der Waals surface area contributed by atoms with Gasteiger partial charge in [-0.25, -0.2) is 0 Å². The van der Waals surface area contributed by atoms with Crippen LogP contribution in [0.4, 0.5) is 0 Å². The van der Waals surface area contributed by atoms with Gasteiger partial charge in [-0.3, -0.25) is 0 Å². The third kappa shape index (κ3) is 4.71. The normalized spacial score (nSPS) is 19.5. The molecule has 0 heterocycles. The quantitative estimate of drug-likeness (QED) is 0.779. The van der Waals surface area contributed by atoms with Gasteiger partial charge in [0.15, 0.2) is 0 Å². The lowest BCUT2D eigenvalue weighted by Gasteiger charge is -2.42. The van der Waals surface area contributed by atoms with E-state index >= 15 is 0 Å². The van der Waals surface area contributed by atoms with Crippen LogP contribution in [-0.2, 0) is 0 Å². The molecule has 1 saturated carbocycles. The Balaban J connectivity index is 1.94. The lowest BCUT2D eigenvalue weighted by molar-refractivity contribution is -0.0297. The van der Waals surface area contributed by atoms with Crippen LogP contribution in [0.5, 0.6) is 0 Å². The summed E-state index contributed by atoms with van der Waals surface area (Å²) in [4.78, 5) is 4.67. The number of hydrogen-bond donors (Lipinski definition) is 1. The molecule has 0 spiro atoms. The number of benzene rings is 2. The monoisotopic (exact) mass is 368 g/mol. The minimum absolute atomic E-state index is 0.142. The van der Waals surface area contributed by atoms with Gasteiger partial charge in [0.1, 0.15) is 0 Å². The van der Waals surface area contributed by atoms with Gasteiger partial charge in [0, 0.05) is 25.0 Å². The fourth-order valence-electron chi connectivity index (χ4n) is 4.63. The molecule has 2 aromatic rings. The molecular formula is C24H36N2O. The van der Waals surface area contributed by atoms with Crippen molar-refractivity contribution in [3.63, 3.8) is 0 Å². The standard InChI is InChI=1S/C24H36N2O/c1-19(25(2)3)17-26(4)18-23(24(27)15-8-5-9-16-24)22-14-10-12-20-11-6-7-13-21(20)22/h6-7,10-14,19,23,27H,5,8-9,15-18H2,1-4H3/t19-,23?/m1/s1. The van der Waals surface area contributed by atoms with Crippen LogP contribution in [-0.4, -0.2) is 60.8 Å². The molecule has 3 rings (SSSR count). The molecule has 0 aromatic heterocycles. The first-order valence-electron chi connectivity index (χ1n) is 10.5. The van der Waals surface area contributed by atoms with Crippen LogP contribution < -0.4 is 0 Å². The zero-order valence-corrected chi connectivity index (χ0v) is 17.5. The van der Waals surface area contributed by atoms with Crippen molar-refractivity contribution in [2.24, 2.45) is 0 Å². The van der Waals surface area contributed by atoms with E-state index in [0.717, 1.165) is 38.8 Å². The summed E-state index contributed by atoms with van der Waals surface area (Å²) in [5.41, 5.74) is 0.708. The highest BCUT2D eigenvalue weighted by molar-refractivity contribution is 5.86. The fourth-order valence-corrected chi connectivity index (χ4v) is 4.63. The molecule has 3 nitrogen and oxygen atoms in total. The SMILES string of the molecule is C[C@H](CN(C)CC(c1cccc2ccccc12)C1(O)CCCCC1)N(C)C. The number of fused-ring (bicyclic) bond motifs is 1. The molecule has 1 unspecified atom stereocenters. The van der Waals surface area contributed by atoms with Gasteiger partial charge in [0.05, 0.1) is 5.60 Å². The van der Waals surface area contributed by atoms with Crippen molar-refractivity contribution >= 4 is 10.8 Å². The molecule has 1 fully saturated rings. The van der Waals surface area contributed by atoms with E-state index in [0.29, 0.717) is 6.04 Å². The van der Waals surface area contributed by atoms with Crippen LogP contribution in [0.15, 0.2) is 42.5 Å². The Bertz CT molecular complexity index is 731. The number of nitrogens with zero attached hydrogens (tertiary/aromatic N) is 2. The number of likely N-dealkylation sites (N-methyl/N-ethyl adjacent to an activating group) is 2. The first-order chi connectivity index (χ1) is 12.9. The molecule has 2 aromatic carbocycles. The van der Waals surface area contributed by atoms with E-state index in [-0.39, 0.29) is 5.92 Å². The average molecular weight is 369 g/mol. The smallest absolute Gasteiger partial charge is 0.0728 e. The van der Waals surface area contributed by atoms with Crippen molar-refractivity contribution in [2.75, 3.05) is 34.2 Å². The van der Waals surface area contributed by atoms with E-state index < -0.39 is 5.60 Å². The van der Waals surface area contributed by atoms with E-state index in [1.807, 2.05) is 0 Å². The molecule has 1 aliphatic carbocycles. The van der Waals surface area contributed by atoms with Crippen LogP contribution in [0.1, 0.15) is 50.5 Å². The van der Waals surface area contributed by atoms with Crippen molar-refractivity contribution in [3.05, 3.63) is 48.0 Å². The van der Waals surface area contributed by atoms with Gasteiger partial charge in [0.2, 0.25) is 0 Å². The fraction of sp³-hybridized carbons (Fsp3) is 0.583. The van der Waals surface area contributed by atoms with E-state index in [2.05, 4.69) is 80.3 Å². The Morgan fingerprint density at radius 2 is 1.59 bits per heavy atom. The Kier molecular flexibility index (Phi) is 6.56. The van der Waals surface area contributed by atoms with Gasteiger partial charge in [-0.15, -0.1) is 0 Å². The second-order valence-electron chi connectivity index (χ2n) is 8.82. The van der Waals surface area contributed by atoms with Crippen LogP contribution in [0, 0.1) is 0 Å². The zero-order valence-electron chi connectivity index (χ0n) is 17.5. The molecule has 0 amide bonds. The highest BCUT2D eigenvalue weighted by atomic mass is 16.3. The topological polar surface area (TPSA) is 26.7 Å². The summed E-state index contributed by atoms with van der Waals surface area (Å²) in [6, 6.07) is 15.7. The zero-order chi connectivity index (χ0) is 19.4. The Morgan fingerprint density at radius 1 is 0.926 bits per heavy atom. The van der Waals surface area contributed by atoms with Gasteiger partial charge < -0.3 is 14.9 Å². The minimum atomic E-state index is -0.599. The van der Waals surface area contributed by atoms with Crippen LogP contribution in [0.2, 0.25) is 0 Å². The molecule has 2 atom stereocenters. The van der Waals surface area contributed by atoms with Crippen molar-refractivity contribution < 1.29 is 5.11 Å². The van der Waals surface area contributed by atoms with Crippen molar-refractivity contribution in [1.82, 2.24) is 9.80 Å². The van der Waals surface area contributed by atoms with E-state index in [9.17, 15) is 5.11 Å². The van der Waals surface area contributed by atoms with Crippen molar-refractivity contribution in [2.45, 2.75) is 56.6 Å². The molecule has 0 saturated heterocycles. The predicted molar refractivity (Wildman–Crippen MR) is 115 cm³/mol. The van der Waals surface area contributed by atoms with Gasteiger partial charge in [-0.05, 0) is 57.2 Å². The van der Waals surface area contributed by atoms with Crippen LogP contribution in [0.25, 0.3) is 10.8 Å². The highest BCUT2D eigenvalue weighted by Crippen LogP contribution is 2.42. The lowest BCUT2D eigenvalue weighted by Crippen LogP contribution is -2.45. The molecule has 1 aliphatic rings. The Labute approximate surface area is 165 Å². The summed E-state index contributed by atoms with van der Waals surface area (Å²) >= 11 is 0. The molecule has 0 bridgehead atoms. The number of aliphatic hydroxyl groups is 1. The van der Waals surface area contributed by atoms with Gasteiger partial charge in [0.25, 0.3) is 0 Å². The minimum Gasteiger partial charge on any atom is -0.389 e. The summed E-state index contributed by atoms with van der Waals surface area (Å²) in [7, 11) is 6.47. The molecule has 0 radical (unpaired) electrons. The van der Waals surface area contributed by atoms with Crippen LogP contribution >= 0.6 is 0 Å². The molecule has 27 heavy (non-hydrogen) atoms. The molecular weight excluding hydrogens is 332 g/mol. The van der Waals surface area contributed by atoms with Crippen LogP contribution in [0.3, 0.4) is 0 Å². The Hall–Kier alpha value is -1.42. The summed E-state index contributed by atoms with van der Waals surface area (Å²) in [5.74, 6) is 0.142. The third-order valence-electron chi connectivity index (χ3n) is 6.52. The number of rotatable bonds is 7. The summed E-state index contributed by atoms with van der Waals surface area (Å²) in [5, 5.41) is 14.3. The summed E-state index contributed by atoms with van der Waals surface area (Å²) in [6.45, 7) is 4.16. The predicted octanol–water partition coefficient (Wildman–Crippen LogP) is 4.50. The molecule has 148 valence electrons. The van der Waals surface area contributed by atoms with Gasteiger partial charge >= 0.3 is 0 Å².